The zero-order valence-corrected chi connectivity index (χ0v) is 22.5. The van der Waals surface area contributed by atoms with Gasteiger partial charge >= 0.3 is 6.03 Å². The molecule has 1 saturated heterocycles. The summed E-state index contributed by atoms with van der Waals surface area (Å²) >= 11 is 0.973. The second-order valence-electron chi connectivity index (χ2n) is 9.22. The first kappa shape index (κ1) is 28.8. The molecule has 0 atom stereocenters. The molecule has 0 spiro atoms. The van der Waals surface area contributed by atoms with Gasteiger partial charge in [-0.15, -0.1) is 0 Å². The van der Waals surface area contributed by atoms with Crippen molar-refractivity contribution in [3.05, 3.63) is 41.0 Å². The number of anilines is 1. The number of carbonyl (C=O) groups is 2. The lowest BCUT2D eigenvalue weighted by atomic mass is 10.1. The molecule has 1 fully saturated rings. The Hall–Kier alpha value is -2.73. The molecule has 11 heteroatoms. The summed E-state index contributed by atoms with van der Waals surface area (Å²) in [6.45, 7) is 9.16. The molecule has 2 aromatic rings. The standard InChI is InChI=1S/C26H40N6O4S/c1-2-20-7-9-21(10-8-20)19-36-24-22(23(27)34)25(37-30-24)29-26(35)28-11-5-3-4-6-12-31-13-15-32(16-14-31)17-18-33/h7-10,33H,2-6,11-19H2,1H3,(H2,27,34)(H2,28,29,35). The summed E-state index contributed by atoms with van der Waals surface area (Å²) in [7, 11) is 0. The highest BCUT2D eigenvalue weighted by molar-refractivity contribution is 7.11. The summed E-state index contributed by atoms with van der Waals surface area (Å²) in [5, 5.41) is 14.8. The molecule has 1 aromatic carbocycles. The summed E-state index contributed by atoms with van der Waals surface area (Å²) < 4.78 is 9.91. The fourth-order valence-corrected chi connectivity index (χ4v) is 4.98. The predicted octanol–water partition coefficient (Wildman–Crippen LogP) is 2.68. The van der Waals surface area contributed by atoms with E-state index in [1.165, 1.54) is 5.56 Å². The van der Waals surface area contributed by atoms with Crippen molar-refractivity contribution in [2.45, 2.75) is 45.6 Å². The monoisotopic (exact) mass is 532 g/mol. The van der Waals surface area contributed by atoms with E-state index in [2.05, 4.69) is 31.7 Å². The summed E-state index contributed by atoms with van der Waals surface area (Å²) in [6.07, 6.45) is 5.13. The molecule has 1 aromatic heterocycles. The van der Waals surface area contributed by atoms with Crippen LogP contribution in [0.3, 0.4) is 0 Å². The van der Waals surface area contributed by atoms with E-state index in [-0.39, 0.29) is 29.7 Å². The predicted molar refractivity (Wildman–Crippen MR) is 146 cm³/mol. The number of urea groups is 1. The number of aryl methyl sites for hydroxylation is 1. The van der Waals surface area contributed by atoms with Gasteiger partial charge in [0.1, 0.15) is 17.2 Å². The maximum absolute atomic E-state index is 12.3. The van der Waals surface area contributed by atoms with E-state index in [1.807, 2.05) is 24.3 Å². The van der Waals surface area contributed by atoms with E-state index in [0.29, 0.717) is 6.54 Å². The van der Waals surface area contributed by atoms with Crippen LogP contribution in [0.4, 0.5) is 9.80 Å². The van der Waals surface area contributed by atoms with Crippen LogP contribution in [0.15, 0.2) is 24.3 Å². The lowest BCUT2D eigenvalue weighted by Gasteiger charge is -2.34. The molecule has 3 rings (SSSR count). The Morgan fingerprint density at radius 2 is 1.68 bits per heavy atom. The van der Waals surface area contributed by atoms with Crippen LogP contribution < -0.4 is 21.1 Å². The van der Waals surface area contributed by atoms with Gasteiger partial charge in [0.25, 0.3) is 5.91 Å². The minimum Gasteiger partial charge on any atom is -0.472 e. The van der Waals surface area contributed by atoms with Crippen molar-refractivity contribution in [2.24, 2.45) is 5.73 Å². The number of benzene rings is 1. The van der Waals surface area contributed by atoms with E-state index in [1.54, 1.807) is 0 Å². The number of nitrogens with two attached hydrogens (primary N) is 1. The molecule has 0 saturated carbocycles. The van der Waals surface area contributed by atoms with Crippen LogP contribution >= 0.6 is 11.5 Å². The molecular weight excluding hydrogens is 492 g/mol. The normalized spacial score (nSPS) is 14.4. The molecule has 37 heavy (non-hydrogen) atoms. The number of piperazine rings is 1. The Morgan fingerprint density at radius 3 is 2.32 bits per heavy atom. The fourth-order valence-electron chi connectivity index (χ4n) is 4.24. The van der Waals surface area contributed by atoms with Gasteiger partial charge in [0, 0.05) is 39.3 Å². The molecule has 1 aliphatic heterocycles. The van der Waals surface area contributed by atoms with Crippen molar-refractivity contribution in [2.75, 3.05) is 57.7 Å². The second-order valence-corrected chi connectivity index (χ2v) is 9.99. The van der Waals surface area contributed by atoms with Gasteiger partial charge < -0.3 is 25.8 Å². The minimum absolute atomic E-state index is 0.0857. The molecular formula is C26H40N6O4S. The average molecular weight is 533 g/mol. The molecule has 2 heterocycles. The average Bonchev–Trinajstić information content (AvgIpc) is 3.30. The summed E-state index contributed by atoms with van der Waals surface area (Å²) in [4.78, 5) is 29.1. The third kappa shape index (κ3) is 9.58. The molecule has 5 N–H and O–H groups in total. The van der Waals surface area contributed by atoms with Crippen LogP contribution in [-0.4, -0.2) is 83.6 Å². The summed E-state index contributed by atoms with van der Waals surface area (Å²) in [6, 6.07) is 7.63. The minimum atomic E-state index is -0.699. The van der Waals surface area contributed by atoms with E-state index < -0.39 is 11.9 Å². The SMILES string of the molecule is CCc1ccc(COc2nsc(NC(=O)NCCCCCCN3CCN(CCO)CC3)c2C(N)=O)cc1. The number of unbranched alkanes of at least 4 members (excludes halogenated alkanes) is 3. The van der Waals surface area contributed by atoms with Crippen LogP contribution in [0.1, 0.15) is 54.1 Å². The highest BCUT2D eigenvalue weighted by atomic mass is 32.1. The molecule has 1 aliphatic rings. The maximum atomic E-state index is 12.3. The maximum Gasteiger partial charge on any atom is 0.319 e. The number of amides is 3. The number of nitrogens with zero attached hydrogens (tertiary/aromatic N) is 3. The van der Waals surface area contributed by atoms with Crippen molar-refractivity contribution in [3.8, 4) is 5.88 Å². The highest BCUT2D eigenvalue weighted by Crippen LogP contribution is 2.30. The van der Waals surface area contributed by atoms with Crippen LogP contribution in [0, 0.1) is 0 Å². The number of hydrogen-bond donors (Lipinski definition) is 4. The number of ether oxygens (including phenoxy) is 1. The number of carbonyl (C=O) groups excluding carboxylic acids is 2. The van der Waals surface area contributed by atoms with Gasteiger partial charge in [0.15, 0.2) is 0 Å². The van der Waals surface area contributed by atoms with Gasteiger partial charge in [0.05, 0.1) is 6.61 Å². The number of aliphatic hydroxyl groups excluding tert-OH is 1. The molecule has 3 amide bonds. The van der Waals surface area contributed by atoms with Crippen molar-refractivity contribution in [1.82, 2.24) is 19.5 Å². The van der Waals surface area contributed by atoms with E-state index >= 15 is 0 Å². The number of aliphatic hydroxyl groups is 1. The summed E-state index contributed by atoms with van der Waals surface area (Å²) in [5.41, 5.74) is 7.82. The molecule has 0 aliphatic carbocycles. The van der Waals surface area contributed by atoms with Crippen molar-refractivity contribution < 1.29 is 19.4 Å². The Morgan fingerprint density at radius 1 is 1.03 bits per heavy atom. The zero-order chi connectivity index (χ0) is 26.5. The summed E-state index contributed by atoms with van der Waals surface area (Å²) in [5.74, 6) is -0.572. The first-order valence-corrected chi connectivity index (χ1v) is 13.9. The lowest BCUT2D eigenvalue weighted by molar-refractivity contribution is 0.0996. The Kier molecular flexibility index (Phi) is 12.1. The number of nitrogens with one attached hydrogen (secondary N) is 2. The van der Waals surface area contributed by atoms with Crippen molar-refractivity contribution >= 4 is 28.5 Å². The van der Waals surface area contributed by atoms with Crippen molar-refractivity contribution in [3.63, 3.8) is 0 Å². The molecule has 204 valence electrons. The van der Waals surface area contributed by atoms with Crippen LogP contribution in [0.25, 0.3) is 0 Å². The third-order valence-electron chi connectivity index (χ3n) is 6.51. The number of primary amides is 1. The quantitative estimate of drug-likeness (QED) is 0.259. The van der Waals surface area contributed by atoms with Crippen LogP contribution in [-0.2, 0) is 13.0 Å². The van der Waals surface area contributed by atoms with E-state index in [4.69, 9.17) is 15.6 Å². The second kappa shape index (κ2) is 15.5. The third-order valence-corrected chi connectivity index (χ3v) is 7.25. The smallest absolute Gasteiger partial charge is 0.319 e. The Balaban J connectivity index is 1.32. The van der Waals surface area contributed by atoms with Gasteiger partial charge in [0.2, 0.25) is 5.88 Å². The first-order valence-electron chi connectivity index (χ1n) is 13.1. The topological polar surface area (TPSA) is 133 Å². The van der Waals surface area contributed by atoms with Gasteiger partial charge in [-0.3, -0.25) is 15.0 Å². The number of aromatic nitrogens is 1. The van der Waals surface area contributed by atoms with Gasteiger partial charge in [-0.1, -0.05) is 44.0 Å². The highest BCUT2D eigenvalue weighted by Gasteiger charge is 2.22. The zero-order valence-electron chi connectivity index (χ0n) is 21.7. The van der Waals surface area contributed by atoms with Gasteiger partial charge in [-0.2, -0.15) is 4.37 Å². The molecule has 0 bridgehead atoms. The first-order chi connectivity index (χ1) is 18.0. The van der Waals surface area contributed by atoms with E-state index in [9.17, 15) is 9.59 Å². The fraction of sp³-hybridized carbons (Fsp3) is 0.577. The number of β-amino-alcohol motifs (C(OH)–C–C–N with tert-alkyl or cyclic N) is 1. The molecule has 10 nitrogen and oxygen atoms in total. The number of hydrogen-bond acceptors (Lipinski definition) is 8. The Bertz CT molecular complexity index is 976. The largest absolute Gasteiger partial charge is 0.472 e. The van der Waals surface area contributed by atoms with Crippen LogP contribution in [0.2, 0.25) is 0 Å². The number of rotatable bonds is 15. The molecule has 0 radical (unpaired) electrons. The van der Waals surface area contributed by atoms with Crippen molar-refractivity contribution in [1.29, 1.82) is 0 Å². The van der Waals surface area contributed by atoms with E-state index in [0.717, 1.165) is 88.5 Å². The van der Waals surface area contributed by atoms with Gasteiger partial charge in [-0.05, 0) is 48.5 Å². The molecule has 0 unspecified atom stereocenters. The van der Waals surface area contributed by atoms with Crippen LogP contribution in [0.5, 0.6) is 5.88 Å². The lowest BCUT2D eigenvalue weighted by Crippen LogP contribution is -2.47. The Labute approximate surface area is 223 Å². The van der Waals surface area contributed by atoms with Gasteiger partial charge in [-0.25, -0.2) is 4.79 Å².